The summed E-state index contributed by atoms with van der Waals surface area (Å²) in [6, 6.07) is 9.12. The summed E-state index contributed by atoms with van der Waals surface area (Å²) in [6.45, 7) is 2.01. The number of nitrogens with zero attached hydrogens (tertiary/aromatic N) is 1. The average molecular weight is 283 g/mol. The van der Waals surface area contributed by atoms with Gasteiger partial charge >= 0.3 is 5.97 Å². The first-order valence-corrected chi connectivity index (χ1v) is 6.88. The van der Waals surface area contributed by atoms with Gasteiger partial charge in [0.25, 0.3) is 0 Å². The monoisotopic (exact) mass is 283 g/mol. The number of allylic oxidation sites excluding steroid dienone is 1. The van der Waals surface area contributed by atoms with Crippen LogP contribution in [0.2, 0.25) is 0 Å². The topological polar surface area (TPSA) is 86.0 Å². The molecule has 0 aromatic heterocycles. The van der Waals surface area contributed by atoms with Gasteiger partial charge in [0.1, 0.15) is 0 Å². The van der Waals surface area contributed by atoms with Gasteiger partial charge in [0, 0.05) is 17.6 Å². The molecule has 0 atom stereocenters. The predicted octanol–water partition coefficient (Wildman–Crippen LogP) is 2.85. The summed E-state index contributed by atoms with van der Waals surface area (Å²) in [5.74, 6) is -0.241. The van der Waals surface area contributed by atoms with Crippen molar-refractivity contribution in [2.24, 2.45) is 5.92 Å². The van der Waals surface area contributed by atoms with Crippen molar-refractivity contribution in [3.63, 3.8) is 0 Å². The second-order valence-electron chi connectivity index (χ2n) is 4.78. The van der Waals surface area contributed by atoms with Gasteiger partial charge in [-0.1, -0.05) is 6.07 Å². The highest BCUT2D eigenvalue weighted by Gasteiger charge is 2.30. The highest BCUT2D eigenvalue weighted by molar-refractivity contribution is 6.09. The summed E-state index contributed by atoms with van der Waals surface area (Å²) in [7, 11) is 0. The largest absolute Gasteiger partial charge is 0.462 e. The van der Waals surface area contributed by atoms with Crippen LogP contribution in [0.15, 0.2) is 35.5 Å². The Morgan fingerprint density at radius 3 is 2.90 bits per heavy atom. The van der Waals surface area contributed by atoms with E-state index in [-0.39, 0.29) is 18.1 Å². The number of ether oxygens (including phenoxy) is 1. The summed E-state index contributed by atoms with van der Waals surface area (Å²) >= 11 is 0. The van der Waals surface area contributed by atoms with Crippen LogP contribution < -0.4 is 5.32 Å². The lowest BCUT2D eigenvalue weighted by Crippen LogP contribution is -2.16. The maximum atomic E-state index is 11.9. The Morgan fingerprint density at radius 1 is 1.57 bits per heavy atom. The quantitative estimate of drug-likeness (QED) is 0.477. The molecule has 1 saturated carbocycles. The maximum absolute atomic E-state index is 11.9. The van der Waals surface area contributed by atoms with Crippen molar-refractivity contribution in [2.45, 2.75) is 19.8 Å². The molecule has 2 rings (SSSR count). The third-order valence-corrected chi connectivity index (χ3v) is 3.19. The van der Waals surface area contributed by atoms with E-state index in [0.717, 1.165) is 24.7 Å². The molecule has 0 amide bonds. The zero-order chi connectivity index (χ0) is 15.2. The van der Waals surface area contributed by atoms with Gasteiger partial charge in [-0.2, -0.15) is 5.26 Å². The van der Waals surface area contributed by atoms with Gasteiger partial charge in [0.05, 0.1) is 23.8 Å². The summed E-state index contributed by atoms with van der Waals surface area (Å²) in [5.41, 5.74) is 2.24. The van der Waals surface area contributed by atoms with Crippen molar-refractivity contribution in [1.29, 1.82) is 10.7 Å². The number of hydrogen-bond acceptors (Lipinski definition) is 5. The molecule has 0 unspecified atom stereocenters. The molecule has 5 heteroatoms. The van der Waals surface area contributed by atoms with Crippen molar-refractivity contribution in [1.82, 2.24) is 0 Å². The Labute approximate surface area is 123 Å². The highest BCUT2D eigenvalue weighted by Crippen LogP contribution is 2.38. The Kier molecular flexibility index (Phi) is 4.72. The molecule has 5 nitrogen and oxygen atoms in total. The van der Waals surface area contributed by atoms with Crippen LogP contribution in [0, 0.1) is 22.7 Å². The molecule has 21 heavy (non-hydrogen) atoms. The molecule has 0 bridgehead atoms. The van der Waals surface area contributed by atoms with Gasteiger partial charge in [-0.3, -0.25) is 0 Å². The number of carbonyl (C=O) groups excluding carboxylic acids is 1. The minimum Gasteiger partial charge on any atom is -0.462 e. The molecule has 0 heterocycles. The van der Waals surface area contributed by atoms with Crippen LogP contribution in [0.1, 0.15) is 25.3 Å². The van der Waals surface area contributed by atoms with Gasteiger partial charge in [-0.25, -0.2) is 4.79 Å². The van der Waals surface area contributed by atoms with Crippen LogP contribution in [0.5, 0.6) is 0 Å². The van der Waals surface area contributed by atoms with Crippen molar-refractivity contribution in [2.75, 3.05) is 11.9 Å². The Morgan fingerprint density at radius 2 is 2.33 bits per heavy atom. The molecular formula is C16H17N3O2. The zero-order valence-corrected chi connectivity index (χ0v) is 11.8. The Hall–Kier alpha value is -2.61. The molecule has 0 spiro atoms. The van der Waals surface area contributed by atoms with E-state index in [1.165, 1.54) is 0 Å². The van der Waals surface area contributed by atoms with Gasteiger partial charge in [0.2, 0.25) is 0 Å². The fraction of sp³-hybridized carbons (Fsp3) is 0.312. The van der Waals surface area contributed by atoms with E-state index >= 15 is 0 Å². The number of benzene rings is 1. The van der Waals surface area contributed by atoms with Crippen LogP contribution in [-0.2, 0) is 9.53 Å². The van der Waals surface area contributed by atoms with Crippen molar-refractivity contribution in [3.8, 4) is 6.07 Å². The maximum Gasteiger partial charge on any atom is 0.341 e. The Bertz CT molecular complexity index is 625. The van der Waals surface area contributed by atoms with Gasteiger partial charge in [0.15, 0.2) is 0 Å². The summed E-state index contributed by atoms with van der Waals surface area (Å²) in [4.78, 5) is 11.9. The smallest absolute Gasteiger partial charge is 0.341 e. The molecule has 0 radical (unpaired) electrons. The lowest BCUT2D eigenvalue weighted by atomic mass is 10.1. The summed E-state index contributed by atoms with van der Waals surface area (Å²) in [5, 5.41) is 19.6. The summed E-state index contributed by atoms with van der Waals surface area (Å²) < 4.78 is 5.00. The minimum absolute atomic E-state index is 0.247. The van der Waals surface area contributed by atoms with Crippen LogP contribution in [0.4, 0.5) is 5.69 Å². The van der Waals surface area contributed by atoms with E-state index < -0.39 is 5.97 Å². The van der Waals surface area contributed by atoms with Crippen molar-refractivity contribution >= 4 is 17.9 Å². The number of rotatable bonds is 6. The number of nitriles is 1. The van der Waals surface area contributed by atoms with E-state index in [1.807, 2.05) is 6.07 Å². The molecular weight excluding hydrogens is 266 g/mol. The molecule has 0 saturated heterocycles. The molecule has 1 aromatic carbocycles. The van der Waals surface area contributed by atoms with Crippen LogP contribution in [0.3, 0.4) is 0 Å². The number of hydrogen-bond donors (Lipinski definition) is 2. The van der Waals surface area contributed by atoms with Gasteiger partial charge in [-0.05, 0) is 43.9 Å². The third-order valence-electron chi connectivity index (χ3n) is 3.19. The fourth-order valence-corrected chi connectivity index (χ4v) is 2.04. The van der Waals surface area contributed by atoms with E-state index in [9.17, 15) is 4.79 Å². The third kappa shape index (κ3) is 3.69. The predicted molar refractivity (Wildman–Crippen MR) is 79.9 cm³/mol. The first kappa shape index (κ1) is 14.8. The molecule has 1 aromatic rings. The number of carbonyl (C=O) groups is 1. The average Bonchev–Trinajstić information content (AvgIpc) is 3.32. The van der Waals surface area contributed by atoms with Crippen LogP contribution in [-0.4, -0.2) is 18.8 Å². The van der Waals surface area contributed by atoms with Gasteiger partial charge < -0.3 is 15.5 Å². The van der Waals surface area contributed by atoms with Crippen molar-refractivity contribution in [3.05, 3.63) is 41.1 Å². The standard InChI is InChI=1S/C16H17N3O2/c1-2-21-16(20)14(10-18)15(12-6-7-12)19-13-5-3-4-11(8-13)9-17/h3-5,8,10,12,18-19H,2,6-7H2,1H3/b15-14+,18-10?. The second-order valence-corrected chi connectivity index (χ2v) is 4.78. The molecule has 0 aliphatic heterocycles. The normalized spacial score (nSPS) is 14.7. The molecule has 2 N–H and O–H groups in total. The van der Waals surface area contributed by atoms with E-state index in [0.29, 0.717) is 11.3 Å². The lowest BCUT2D eigenvalue weighted by molar-refractivity contribution is -0.137. The zero-order valence-electron chi connectivity index (χ0n) is 11.8. The van der Waals surface area contributed by atoms with Crippen LogP contribution >= 0.6 is 0 Å². The van der Waals surface area contributed by atoms with Crippen LogP contribution in [0.25, 0.3) is 0 Å². The van der Waals surface area contributed by atoms with Gasteiger partial charge in [-0.15, -0.1) is 0 Å². The highest BCUT2D eigenvalue weighted by atomic mass is 16.5. The molecule has 108 valence electrons. The molecule has 1 aliphatic rings. The molecule has 1 fully saturated rings. The minimum atomic E-state index is -0.488. The lowest BCUT2D eigenvalue weighted by Gasteiger charge is -2.14. The molecule has 1 aliphatic carbocycles. The SMILES string of the molecule is CCOC(=O)/C(C=N)=C(/Nc1cccc(C#N)c1)C1CC1. The fourth-order valence-electron chi connectivity index (χ4n) is 2.04. The van der Waals surface area contributed by atoms with E-state index in [4.69, 9.17) is 15.4 Å². The number of anilines is 1. The number of esters is 1. The van der Waals surface area contributed by atoms with E-state index in [1.54, 1.807) is 25.1 Å². The first-order chi connectivity index (χ1) is 10.2. The van der Waals surface area contributed by atoms with Crippen molar-refractivity contribution < 1.29 is 9.53 Å². The number of nitrogens with one attached hydrogen (secondary N) is 2. The summed E-state index contributed by atoms with van der Waals surface area (Å²) in [6.07, 6.45) is 3.00. The van der Waals surface area contributed by atoms with E-state index in [2.05, 4.69) is 11.4 Å². The Balaban J connectivity index is 2.32. The second kappa shape index (κ2) is 6.71. The first-order valence-electron chi connectivity index (χ1n) is 6.88.